The number of nitrogens with zero attached hydrogens (tertiary/aromatic N) is 4. The van der Waals surface area contributed by atoms with Crippen LogP contribution in [0, 0.1) is 11.3 Å². The molecule has 2 aliphatic rings. The first-order valence-corrected chi connectivity index (χ1v) is 17.5. The van der Waals surface area contributed by atoms with Gasteiger partial charge < -0.3 is 18.8 Å². The predicted molar refractivity (Wildman–Crippen MR) is 206 cm³/mol. The van der Waals surface area contributed by atoms with Gasteiger partial charge in [0.2, 0.25) is 0 Å². The fourth-order valence-electron chi connectivity index (χ4n) is 6.81. The normalized spacial score (nSPS) is 15.2. The van der Waals surface area contributed by atoms with Crippen molar-refractivity contribution < 1.29 is 18.8 Å². The second-order valence-corrected chi connectivity index (χ2v) is 14.2. The highest BCUT2D eigenvalue weighted by atomic mass is 16.7. The lowest BCUT2D eigenvalue weighted by Gasteiger charge is -2.32. The van der Waals surface area contributed by atoms with E-state index in [2.05, 4.69) is 24.3 Å². The number of hydrogen-bond acceptors (Lipinski definition) is 8. The van der Waals surface area contributed by atoms with Crippen LogP contribution < -0.4 is 14.9 Å². The van der Waals surface area contributed by atoms with Crippen molar-refractivity contribution in [3.8, 4) is 74.4 Å². The van der Waals surface area contributed by atoms with Gasteiger partial charge in [-0.25, -0.2) is 15.0 Å². The molecule has 6 aromatic carbocycles. The van der Waals surface area contributed by atoms with E-state index < -0.39 is 18.3 Å². The van der Waals surface area contributed by atoms with Crippen LogP contribution in [0.15, 0.2) is 127 Å². The minimum absolute atomic E-state index is 0.401. The van der Waals surface area contributed by atoms with Crippen molar-refractivity contribution in [2.75, 3.05) is 0 Å². The Labute approximate surface area is 307 Å². The molecule has 9 rings (SSSR count). The zero-order chi connectivity index (χ0) is 36.3. The predicted octanol–water partition coefficient (Wildman–Crippen LogP) is 9.76. The number of ether oxygens (including phenoxy) is 2. The average Bonchev–Trinajstić information content (AvgIpc) is 3.41. The highest BCUT2D eigenvalue weighted by Crippen LogP contribution is 2.47. The molecule has 9 heteroatoms. The van der Waals surface area contributed by atoms with Crippen LogP contribution >= 0.6 is 0 Å². The van der Waals surface area contributed by atoms with E-state index in [0.717, 1.165) is 27.5 Å². The first-order chi connectivity index (χ1) is 25.7. The van der Waals surface area contributed by atoms with Crippen molar-refractivity contribution in [3.63, 3.8) is 0 Å². The summed E-state index contributed by atoms with van der Waals surface area (Å²) in [4.78, 5) is 15.1. The van der Waals surface area contributed by atoms with Gasteiger partial charge in [0.25, 0.3) is 0 Å². The van der Waals surface area contributed by atoms with Crippen LogP contribution in [0.25, 0.3) is 56.1 Å². The lowest BCUT2D eigenvalue weighted by molar-refractivity contribution is 0.00578. The Morgan fingerprint density at radius 2 is 1.15 bits per heavy atom. The van der Waals surface area contributed by atoms with Gasteiger partial charge >= 0.3 is 7.12 Å². The molecule has 1 saturated heterocycles. The van der Waals surface area contributed by atoms with Crippen LogP contribution in [0.4, 0.5) is 0 Å². The quantitative estimate of drug-likeness (QED) is 0.165. The largest absolute Gasteiger partial charge is 0.495 e. The van der Waals surface area contributed by atoms with Crippen LogP contribution in [0.1, 0.15) is 33.3 Å². The highest BCUT2D eigenvalue weighted by molar-refractivity contribution is 6.64. The molecule has 1 fully saturated rings. The first-order valence-electron chi connectivity index (χ1n) is 17.5. The van der Waals surface area contributed by atoms with Gasteiger partial charge in [-0.3, -0.25) is 0 Å². The van der Waals surface area contributed by atoms with E-state index in [9.17, 15) is 5.26 Å². The standard InChI is InChI=1S/C44H33BN4O4/c1-43(2)44(3,4)53-45(52-43)34-24-30(23-31(26-46)39(34)29-21-22-37-38(25-29)51-36-20-11-10-19-35(36)50-37)41-47-40(28-14-6-5-7-15-28)48-42(49-41)33-18-12-16-27-13-8-9-17-32(27)33/h5-25H,1-4H3. The van der Waals surface area contributed by atoms with Gasteiger partial charge in [-0.15, -0.1) is 0 Å². The fraction of sp³-hybridized carbons (Fsp3) is 0.136. The Morgan fingerprint density at radius 1 is 0.547 bits per heavy atom. The maximum absolute atomic E-state index is 10.8. The molecular weight excluding hydrogens is 659 g/mol. The zero-order valence-corrected chi connectivity index (χ0v) is 29.6. The van der Waals surface area contributed by atoms with Crippen LogP contribution in [-0.2, 0) is 9.31 Å². The molecular formula is C44H33BN4O4. The molecule has 1 aromatic heterocycles. The summed E-state index contributed by atoms with van der Waals surface area (Å²) in [5.41, 5.74) is 3.56. The number of fused-ring (bicyclic) bond motifs is 3. The van der Waals surface area contributed by atoms with Gasteiger partial charge in [0.15, 0.2) is 40.5 Å². The Balaban J connectivity index is 1.25. The monoisotopic (exact) mass is 692 g/mol. The van der Waals surface area contributed by atoms with Crippen molar-refractivity contribution >= 4 is 23.4 Å². The van der Waals surface area contributed by atoms with E-state index in [-0.39, 0.29) is 0 Å². The lowest BCUT2D eigenvalue weighted by Crippen LogP contribution is -2.41. The van der Waals surface area contributed by atoms with Gasteiger partial charge in [0, 0.05) is 16.7 Å². The van der Waals surface area contributed by atoms with Crippen LogP contribution in [-0.4, -0.2) is 33.3 Å². The Bertz CT molecular complexity index is 2600. The summed E-state index contributed by atoms with van der Waals surface area (Å²) < 4.78 is 25.7. The van der Waals surface area contributed by atoms with Crippen LogP contribution in [0.2, 0.25) is 0 Å². The molecule has 53 heavy (non-hydrogen) atoms. The first kappa shape index (κ1) is 32.6. The molecule has 0 bridgehead atoms. The number of nitriles is 1. The van der Waals surface area contributed by atoms with Crippen LogP contribution in [0.3, 0.4) is 0 Å². The van der Waals surface area contributed by atoms with Gasteiger partial charge in [-0.2, -0.15) is 5.26 Å². The molecule has 256 valence electrons. The summed E-state index contributed by atoms with van der Waals surface area (Å²) in [6.45, 7) is 8.05. The Kier molecular flexibility index (Phi) is 7.63. The molecule has 0 radical (unpaired) electrons. The summed E-state index contributed by atoms with van der Waals surface area (Å²) >= 11 is 0. The number of para-hydroxylation sites is 2. The third-order valence-corrected chi connectivity index (χ3v) is 10.3. The van der Waals surface area contributed by atoms with E-state index in [1.54, 1.807) is 0 Å². The van der Waals surface area contributed by atoms with Crippen molar-refractivity contribution in [3.05, 3.63) is 133 Å². The lowest BCUT2D eigenvalue weighted by atomic mass is 9.72. The second-order valence-electron chi connectivity index (χ2n) is 14.2. The maximum atomic E-state index is 10.8. The number of hydrogen-bond donors (Lipinski definition) is 0. The topological polar surface area (TPSA) is 99.4 Å². The van der Waals surface area contributed by atoms with Crippen molar-refractivity contribution in [2.24, 2.45) is 0 Å². The van der Waals surface area contributed by atoms with Gasteiger partial charge in [0.1, 0.15) is 0 Å². The molecule has 0 N–H and O–H groups in total. The molecule has 0 unspecified atom stereocenters. The molecule has 3 heterocycles. The molecule has 0 aliphatic carbocycles. The SMILES string of the molecule is CC1(C)OB(c2cc(-c3nc(-c4ccccc4)nc(-c4cccc5ccccc45)n3)cc(C#N)c2-c2ccc3c(c2)Oc2ccccc2O3)OC1(C)C. The molecule has 0 atom stereocenters. The number of rotatable bonds is 5. The van der Waals surface area contributed by atoms with E-state index >= 15 is 0 Å². The Hall–Kier alpha value is -6.34. The minimum atomic E-state index is -0.802. The number of aromatic nitrogens is 3. The van der Waals surface area contributed by atoms with E-state index in [1.807, 2.05) is 137 Å². The van der Waals surface area contributed by atoms with Gasteiger partial charge in [0.05, 0.1) is 22.8 Å². The Morgan fingerprint density at radius 3 is 1.89 bits per heavy atom. The van der Waals surface area contributed by atoms with E-state index in [4.69, 9.17) is 33.7 Å². The summed E-state index contributed by atoms with van der Waals surface area (Å²) in [6, 6.07) is 43.6. The molecule has 8 nitrogen and oxygen atoms in total. The molecule has 0 amide bonds. The van der Waals surface area contributed by atoms with E-state index in [1.165, 1.54) is 0 Å². The third kappa shape index (κ3) is 5.69. The van der Waals surface area contributed by atoms with E-state index in [0.29, 0.717) is 62.6 Å². The summed E-state index contributed by atoms with van der Waals surface area (Å²) in [7, 11) is -0.802. The third-order valence-electron chi connectivity index (χ3n) is 10.3. The molecule has 0 saturated carbocycles. The van der Waals surface area contributed by atoms with Crippen molar-refractivity contribution in [1.29, 1.82) is 5.26 Å². The summed E-state index contributed by atoms with van der Waals surface area (Å²) in [5.74, 6) is 3.84. The average molecular weight is 693 g/mol. The summed E-state index contributed by atoms with van der Waals surface area (Å²) in [5, 5.41) is 12.9. The van der Waals surface area contributed by atoms with Crippen molar-refractivity contribution in [1.82, 2.24) is 15.0 Å². The van der Waals surface area contributed by atoms with Gasteiger partial charge in [-0.1, -0.05) is 97.1 Å². The minimum Gasteiger partial charge on any atom is -0.450 e. The smallest absolute Gasteiger partial charge is 0.450 e. The number of benzene rings is 6. The van der Waals surface area contributed by atoms with Crippen molar-refractivity contribution in [2.45, 2.75) is 38.9 Å². The zero-order valence-electron chi connectivity index (χ0n) is 29.6. The second kappa shape index (κ2) is 12.4. The fourth-order valence-corrected chi connectivity index (χ4v) is 6.81. The maximum Gasteiger partial charge on any atom is 0.495 e. The van der Waals surface area contributed by atoms with Gasteiger partial charge in [-0.05, 0) is 85.4 Å². The molecule has 2 aliphatic heterocycles. The van der Waals surface area contributed by atoms with Crippen LogP contribution in [0.5, 0.6) is 23.0 Å². The molecule has 0 spiro atoms. The highest BCUT2D eigenvalue weighted by Gasteiger charge is 2.52. The summed E-state index contributed by atoms with van der Waals surface area (Å²) in [6.07, 6.45) is 0. The molecule has 7 aromatic rings.